The van der Waals surface area contributed by atoms with Gasteiger partial charge in [-0.1, -0.05) is 206 Å². The van der Waals surface area contributed by atoms with Crippen molar-refractivity contribution in [3.05, 3.63) is 242 Å². The summed E-state index contributed by atoms with van der Waals surface area (Å²) in [5.41, 5.74) is 13.5. The summed E-state index contributed by atoms with van der Waals surface area (Å²) in [5.74, 6) is 3.95. The van der Waals surface area contributed by atoms with Gasteiger partial charge in [0.25, 0.3) is 0 Å². The smallest absolute Gasteiger partial charge is 0.230 e. The number of aromatic nitrogens is 1. The summed E-state index contributed by atoms with van der Waals surface area (Å²) in [6.45, 7) is 0. The van der Waals surface area contributed by atoms with E-state index >= 15 is 0 Å². The molecule has 11 rings (SSSR count). The predicted octanol–water partition coefficient (Wildman–Crippen LogP) is 12.5. The molecule has 0 amide bonds. The lowest BCUT2D eigenvalue weighted by Crippen LogP contribution is -2.66. The van der Waals surface area contributed by atoms with Crippen LogP contribution in [0, 0.1) is 11.5 Å². The highest BCUT2D eigenvalue weighted by Crippen LogP contribution is 2.42. The van der Waals surface area contributed by atoms with E-state index in [0.29, 0.717) is 0 Å². The number of hydrogen-bond acceptors (Lipinski definition) is 0. The van der Waals surface area contributed by atoms with Gasteiger partial charge in [0, 0.05) is 22.0 Å². The molecule has 10 aromatic carbocycles. The minimum atomic E-state index is -2.83. The number of fused-ring (bicyclic) bond motifs is 5. The van der Waals surface area contributed by atoms with Gasteiger partial charge >= 0.3 is 0 Å². The minimum absolute atomic E-state index is 1.07. The van der Waals surface area contributed by atoms with E-state index in [-0.39, 0.29) is 0 Å². The second-order valence-electron chi connectivity index (χ2n) is 15.4. The van der Waals surface area contributed by atoms with Gasteiger partial charge in [-0.2, -0.15) is 0 Å². The number of hydrogen-bond donors (Lipinski definition) is 0. The Morgan fingerprint density at radius 3 is 1.22 bits per heavy atom. The summed E-state index contributed by atoms with van der Waals surface area (Å²) in [5, 5.41) is 11.0. The van der Waals surface area contributed by atoms with Gasteiger partial charge in [0.15, 0.2) is 0 Å². The third-order valence-electron chi connectivity index (χ3n) is 12.1. The highest BCUT2D eigenvalue weighted by molar-refractivity contribution is 7.16. The van der Waals surface area contributed by atoms with Gasteiger partial charge in [0.2, 0.25) is 8.07 Å². The lowest BCUT2D eigenvalue weighted by atomic mass is 9.88. The summed E-state index contributed by atoms with van der Waals surface area (Å²) in [7, 11) is -2.83. The second kappa shape index (κ2) is 14.9. The van der Waals surface area contributed by atoms with Crippen molar-refractivity contribution in [2.24, 2.45) is 0 Å². The maximum absolute atomic E-state index is 4.11. The molecule has 0 unspecified atom stereocenters. The van der Waals surface area contributed by atoms with E-state index in [1.165, 1.54) is 70.4 Å². The topological polar surface area (TPSA) is 4.93 Å². The lowest BCUT2D eigenvalue weighted by molar-refractivity contribution is 1.18. The number of rotatable bonds is 6. The highest BCUT2D eigenvalue weighted by Gasteiger charge is 2.38. The maximum Gasteiger partial charge on any atom is 0.230 e. The van der Waals surface area contributed by atoms with Gasteiger partial charge in [-0.05, 0) is 95.8 Å². The van der Waals surface area contributed by atoms with Crippen molar-refractivity contribution in [3.8, 4) is 39.4 Å². The van der Waals surface area contributed by atoms with E-state index in [1.807, 2.05) is 0 Å². The SMILES string of the molecule is C(#C[Si](c1ccccc1)(c1ccccc1)c1ccccc1)c1c2ccccc2c(-c2ccc3c(c2)c2cc(-c4ccccc4)ccc2n3-c2ccccc2)c2ccccc12. The van der Waals surface area contributed by atoms with Crippen LogP contribution >= 0.6 is 0 Å². The Morgan fingerprint density at radius 1 is 0.317 bits per heavy atom. The van der Waals surface area contributed by atoms with Gasteiger partial charge in [-0.3, -0.25) is 0 Å². The zero-order valence-electron chi connectivity index (χ0n) is 33.0. The third-order valence-corrected chi connectivity index (χ3v) is 16.2. The molecule has 0 radical (unpaired) electrons. The van der Waals surface area contributed by atoms with Gasteiger partial charge in [0.05, 0.1) is 11.0 Å². The Bertz CT molecular complexity index is 3240. The first-order valence-corrected chi connectivity index (χ1v) is 22.6. The van der Waals surface area contributed by atoms with Gasteiger partial charge in [-0.25, -0.2) is 0 Å². The molecule has 0 spiro atoms. The summed E-state index contributed by atoms with van der Waals surface area (Å²) in [6, 6.07) is 86.0. The van der Waals surface area contributed by atoms with E-state index in [1.54, 1.807) is 0 Å². The molecular formula is C58H39NSi. The average Bonchev–Trinajstić information content (AvgIpc) is 3.66. The van der Waals surface area contributed by atoms with Crippen LogP contribution in [0.5, 0.6) is 0 Å². The lowest BCUT2D eigenvalue weighted by Gasteiger charge is -2.28. The maximum atomic E-state index is 4.11. The van der Waals surface area contributed by atoms with Crippen LogP contribution in [0.3, 0.4) is 0 Å². The third kappa shape index (κ3) is 5.87. The number of benzene rings is 10. The predicted molar refractivity (Wildman–Crippen MR) is 258 cm³/mol. The van der Waals surface area contributed by atoms with Crippen LogP contribution in [0.1, 0.15) is 5.56 Å². The van der Waals surface area contributed by atoms with Crippen LogP contribution in [0.4, 0.5) is 0 Å². The van der Waals surface area contributed by atoms with Gasteiger partial charge in [0.1, 0.15) is 0 Å². The summed E-state index contributed by atoms with van der Waals surface area (Å²) >= 11 is 0. The molecule has 0 bridgehead atoms. The average molecular weight is 778 g/mol. The quantitative estimate of drug-likeness (QED) is 0.0686. The highest BCUT2D eigenvalue weighted by atomic mass is 28.3. The molecule has 0 N–H and O–H groups in total. The Hall–Kier alpha value is -7.70. The molecule has 11 aromatic rings. The van der Waals surface area contributed by atoms with E-state index in [9.17, 15) is 0 Å². The van der Waals surface area contributed by atoms with Gasteiger partial charge in [-0.15, -0.1) is 5.54 Å². The molecule has 0 aliphatic carbocycles. The molecule has 0 saturated heterocycles. The molecule has 0 saturated carbocycles. The molecule has 0 aliphatic rings. The fourth-order valence-corrected chi connectivity index (χ4v) is 13.2. The van der Waals surface area contributed by atoms with E-state index in [4.69, 9.17) is 0 Å². The molecule has 0 fully saturated rings. The Balaban J connectivity index is 1.18. The van der Waals surface area contributed by atoms with Crippen molar-refractivity contribution in [2.75, 3.05) is 0 Å². The summed E-state index contributed by atoms with van der Waals surface area (Å²) in [4.78, 5) is 0. The van der Waals surface area contributed by atoms with Crippen LogP contribution in [0.15, 0.2) is 237 Å². The molecule has 280 valence electrons. The van der Waals surface area contributed by atoms with Crippen molar-refractivity contribution in [1.29, 1.82) is 0 Å². The van der Waals surface area contributed by atoms with Crippen LogP contribution in [-0.4, -0.2) is 12.6 Å². The van der Waals surface area contributed by atoms with Gasteiger partial charge < -0.3 is 4.57 Å². The molecule has 2 heteroatoms. The Labute approximate surface area is 351 Å². The minimum Gasteiger partial charge on any atom is -0.309 e. The van der Waals surface area contributed by atoms with Crippen LogP contribution in [-0.2, 0) is 0 Å². The Morgan fingerprint density at radius 2 is 0.717 bits per heavy atom. The summed E-state index contributed by atoms with van der Waals surface area (Å²) < 4.78 is 2.40. The van der Waals surface area contributed by atoms with E-state index in [0.717, 1.165) is 22.0 Å². The standard InChI is InChI=1S/C58H39NSi/c1-6-20-42(21-7-1)43-34-36-56-54(40-43)55-41-44(35-37-57(55)59(56)45-22-8-2-9-23-45)58-52-32-18-16-30-49(52)51(50-31-17-19-33-53(50)58)38-39-60(46-24-10-3-11-25-46,47-26-12-4-13-27-47)48-28-14-5-15-29-48/h1-37,40-41H. The van der Waals surface area contributed by atoms with Crippen molar-refractivity contribution < 1.29 is 0 Å². The van der Waals surface area contributed by atoms with Crippen molar-refractivity contribution in [2.45, 2.75) is 0 Å². The fraction of sp³-hybridized carbons (Fsp3) is 0. The van der Waals surface area contributed by atoms with Crippen LogP contribution in [0.25, 0.3) is 71.3 Å². The first-order valence-electron chi connectivity index (χ1n) is 20.6. The molecule has 1 heterocycles. The Kier molecular flexibility index (Phi) is 8.81. The largest absolute Gasteiger partial charge is 0.309 e. The van der Waals surface area contributed by atoms with Crippen LogP contribution in [0.2, 0.25) is 0 Å². The zero-order valence-corrected chi connectivity index (χ0v) is 34.0. The summed E-state index contributed by atoms with van der Waals surface area (Å²) in [6.07, 6.45) is 0. The first kappa shape index (κ1) is 35.5. The van der Waals surface area contributed by atoms with Crippen molar-refractivity contribution in [3.63, 3.8) is 0 Å². The van der Waals surface area contributed by atoms with E-state index in [2.05, 4.69) is 253 Å². The van der Waals surface area contributed by atoms with Crippen molar-refractivity contribution >= 4 is 67.0 Å². The molecule has 0 atom stereocenters. The number of nitrogens with zero attached hydrogens (tertiary/aromatic N) is 1. The second-order valence-corrected chi connectivity index (χ2v) is 18.9. The molecule has 1 aromatic heterocycles. The monoisotopic (exact) mass is 777 g/mol. The number of para-hydroxylation sites is 1. The fourth-order valence-electron chi connectivity index (χ4n) is 9.36. The van der Waals surface area contributed by atoms with E-state index < -0.39 is 8.07 Å². The normalized spacial score (nSPS) is 11.5. The van der Waals surface area contributed by atoms with Crippen LogP contribution < -0.4 is 15.6 Å². The molecule has 60 heavy (non-hydrogen) atoms. The molecule has 1 nitrogen and oxygen atoms in total. The first-order chi connectivity index (χ1) is 29.8. The molecular weight excluding hydrogens is 739 g/mol. The zero-order chi connectivity index (χ0) is 39.9. The molecule has 0 aliphatic heterocycles. The van der Waals surface area contributed by atoms with Crippen molar-refractivity contribution in [1.82, 2.24) is 4.57 Å².